The van der Waals surface area contributed by atoms with Crippen LogP contribution in [-0.4, -0.2) is 25.9 Å². The normalized spacial score (nSPS) is 11.3. The van der Waals surface area contributed by atoms with Crippen molar-refractivity contribution in [2.45, 2.75) is 19.8 Å². The molecule has 0 aromatic heterocycles. The molecule has 0 aliphatic rings. The van der Waals surface area contributed by atoms with Crippen molar-refractivity contribution in [3.05, 3.63) is 0 Å². The number of hydrogen-bond donors (Lipinski definition) is 2. The standard InChI is InChI=1S/C6H10O2.H2O3S/c1-6(5-8)3-2-4-7;1-4(2)3/h4-6H,2-3H2,1H3;(H2,1,2,3)/t6-;/m0./s1. The topological polar surface area (TPSA) is 91.7 Å². The highest BCUT2D eigenvalue weighted by molar-refractivity contribution is 7.73. The van der Waals surface area contributed by atoms with E-state index in [4.69, 9.17) is 13.3 Å². The number of carbonyl (C=O) groups is 2. The minimum atomic E-state index is -2.61. The summed E-state index contributed by atoms with van der Waals surface area (Å²) in [6.45, 7) is 1.80. The lowest BCUT2D eigenvalue weighted by molar-refractivity contribution is -0.111. The van der Waals surface area contributed by atoms with Crippen LogP contribution < -0.4 is 0 Å². The Hall–Kier alpha value is -0.590. The quantitative estimate of drug-likeness (QED) is 0.504. The molecular formula is C6H12O5S. The van der Waals surface area contributed by atoms with Gasteiger partial charge in [-0.05, 0) is 6.42 Å². The zero-order valence-electron chi connectivity index (χ0n) is 6.67. The monoisotopic (exact) mass is 196 g/mol. The number of carbonyl (C=O) groups excluding carboxylic acids is 2. The van der Waals surface area contributed by atoms with Crippen LogP contribution in [0, 0.1) is 5.92 Å². The fourth-order valence-corrected chi connectivity index (χ4v) is 0.399. The molecule has 0 fully saturated rings. The van der Waals surface area contributed by atoms with Crippen LogP contribution in [-0.2, 0) is 21.0 Å². The maximum atomic E-state index is 9.89. The second-order valence-electron chi connectivity index (χ2n) is 2.09. The maximum absolute atomic E-state index is 9.89. The average Bonchev–Trinajstić information content (AvgIpc) is 1.99. The van der Waals surface area contributed by atoms with Crippen LogP contribution in [0.4, 0.5) is 0 Å². The van der Waals surface area contributed by atoms with Gasteiger partial charge in [-0.25, -0.2) is 0 Å². The van der Waals surface area contributed by atoms with Crippen molar-refractivity contribution in [3.63, 3.8) is 0 Å². The minimum absolute atomic E-state index is 0.0419. The first-order valence-electron chi connectivity index (χ1n) is 3.23. The molecule has 0 rings (SSSR count). The largest absolute Gasteiger partial charge is 0.303 e. The molecule has 5 nitrogen and oxygen atoms in total. The van der Waals surface area contributed by atoms with E-state index >= 15 is 0 Å². The van der Waals surface area contributed by atoms with Crippen LogP contribution in [0.1, 0.15) is 19.8 Å². The van der Waals surface area contributed by atoms with Gasteiger partial charge in [-0.2, -0.15) is 4.21 Å². The number of hydrogen-bond acceptors (Lipinski definition) is 3. The summed E-state index contributed by atoms with van der Waals surface area (Å²) in [6.07, 6.45) is 2.89. The Bertz CT molecular complexity index is 143. The molecule has 1 atom stereocenters. The molecule has 0 amide bonds. The SMILES string of the molecule is C[C@H](C=O)CCC=O.O=S(O)O. The predicted molar refractivity (Wildman–Crippen MR) is 43.9 cm³/mol. The molecule has 0 saturated heterocycles. The van der Waals surface area contributed by atoms with Crippen LogP contribution in [0.5, 0.6) is 0 Å². The highest BCUT2D eigenvalue weighted by Gasteiger charge is 1.95. The fraction of sp³-hybridized carbons (Fsp3) is 0.667. The Morgan fingerprint density at radius 2 is 1.83 bits per heavy atom. The van der Waals surface area contributed by atoms with Crippen molar-refractivity contribution in [2.75, 3.05) is 0 Å². The van der Waals surface area contributed by atoms with Gasteiger partial charge in [0.15, 0.2) is 0 Å². The summed E-state index contributed by atoms with van der Waals surface area (Å²) < 4.78 is 22.8. The van der Waals surface area contributed by atoms with Crippen molar-refractivity contribution in [1.29, 1.82) is 0 Å². The summed E-state index contributed by atoms with van der Waals surface area (Å²) in [6, 6.07) is 0. The van der Waals surface area contributed by atoms with Crippen LogP contribution in [0.25, 0.3) is 0 Å². The van der Waals surface area contributed by atoms with Gasteiger partial charge in [0.25, 0.3) is 11.4 Å². The van der Waals surface area contributed by atoms with Crippen LogP contribution >= 0.6 is 0 Å². The van der Waals surface area contributed by atoms with Crippen LogP contribution in [0.15, 0.2) is 0 Å². The lowest BCUT2D eigenvalue weighted by atomic mass is 10.1. The zero-order chi connectivity index (χ0) is 9.98. The molecule has 12 heavy (non-hydrogen) atoms. The van der Waals surface area contributed by atoms with E-state index < -0.39 is 11.4 Å². The molecular weight excluding hydrogens is 184 g/mol. The Labute approximate surface area is 73.3 Å². The first-order chi connectivity index (χ1) is 5.54. The van der Waals surface area contributed by atoms with Gasteiger partial charge in [-0.15, -0.1) is 0 Å². The highest BCUT2D eigenvalue weighted by Crippen LogP contribution is 1.98. The molecule has 0 radical (unpaired) electrons. The van der Waals surface area contributed by atoms with E-state index in [2.05, 4.69) is 0 Å². The molecule has 72 valence electrons. The summed E-state index contributed by atoms with van der Waals surface area (Å²) in [5.41, 5.74) is 0. The Balaban J connectivity index is 0. The molecule has 0 aliphatic heterocycles. The first kappa shape index (κ1) is 14.0. The molecule has 0 saturated carbocycles. The summed E-state index contributed by atoms with van der Waals surface area (Å²) >= 11 is -2.61. The number of aldehydes is 2. The third-order valence-corrected chi connectivity index (χ3v) is 0.972. The Kier molecular flexibility index (Phi) is 12.1. The van der Waals surface area contributed by atoms with Gasteiger partial charge in [-0.3, -0.25) is 9.11 Å². The van der Waals surface area contributed by atoms with E-state index in [0.717, 1.165) is 12.6 Å². The highest BCUT2D eigenvalue weighted by atomic mass is 32.2. The maximum Gasteiger partial charge on any atom is 0.299 e. The molecule has 0 aromatic carbocycles. The molecule has 0 heterocycles. The lowest BCUT2D eigenvalue weighted by Gasteiger charge is -1.94. The lowest BCUT2D eigenvalue weighted by Crippen LogP contribution is -1.94. The second-order valence-corrected chi connectivity index (χ2v) is 2.55. The first-order valence-corrected chi connectivity index (χ1v) is 4.29. The smallest absolute Gasteiger partial charge is 0.299 e. The van der Waals surface area contributed by atoms with Crippen LogP contribution in [0.2, 0.25) is 0 Å². The third-order valence-electron chi connectivity index (χ3n) is 0.972. The van der Waals surface area contributed by atoms with Crippen molar-refractivity contribution in [1.82, 2.24) is 0 Å². The summed E-state index contributed by atoms with van der Waals surface area (Å²) in [5.74, 6) is 0.0419. The average molecular weight is 196 g/mol. The van der Waals surface area contributed by atoms with Gasteiger partial charge in [-0.1, -0.05) is 6.92 Å². The summed E-state index contributed by atoms with van der Waals surface area (Å²) in [4.78, 5) is 19.6. The predicted octanol–water partition coefficient (Wildman–Crippen LogP) is 0.482. The van der Waals surface area contributed by atoms with E-state index in [1.54, 1.807) is 6.92 Å². The fourth-order valence-electron chi connectivity index (χ4n) is 0.399. The molecule has 0 aromatic rings. The molecule has 0 unspecified atom stereocenters. The Morgan fingerprint density at radius 3 is 2.08 bits per heavy atom. The van der Waals surface area contributed by atoms with Gasteiger partial charge in [0, 0.05) is 12.3 Å². The van der Waals surface area contributed by atoms with E-state index in [1.807, 2.05) is 0 Å². The van der Waals surface area contributed by atoms with E-state index in [-0.39, 0.29) is 5.92 Å². The molecule has 0 bridgehead atoms. The summed E-state index contributed by atoms with van der Waals surface area (Å²) in [7, 11) is 0. The van der Waals surface area contributed by atoms with E-state index in [0.29, 0.717) is 12.8 Å². The second kappa shape index (κ2) is 10.4. The molecule has 0 spiro atoms. The van der Waals surface area contributed by atoms with Gasteiger partial charge < -0.3 is 9.59 Å². The zero-order valence-corrected chi connectivity index (χ0v) is 7.49. The van der Waals surface area contributed by atoms with Crippen molar-refractivity contribution in [3.8, 4) is 0 Å². The van der Waals surface area contributed by atoms with Crippen LogP contribution in [0.3, 0.4) is 0 Å². The number of rotatable bonds is 4. The molecule has 6 heteroatoms. The van der Waals surface area contributed by atoms with Gasteiger partial charge >= 0.3 is 0 Å². The Morgan fingerprint density at radius 1 is 1.42 bits per heavy atom. The third kappa shape index (κ3) is 22.7. The molecule has 0 aliphatic carbocycles. The van der Waals surface area contributed by atoms with E-state index in [1.165, 1.54) is 0 Å². The van der Waals surface area contributed by atoms with E-state index in [9.17, 15) is 9.59 Å². The van der Waals surface area contributed by atoms with Crippen molar-refractivity contribution >= 4 is 23.9 Å². The van der Waals surface area contributed by atoms with Gasteiger partial charge in [0.2, 0.25) is 0 Å². The van der Waals surface area contributed by atoms with Crippen molar-refractivity contribution < 1.29 is 22.9 Å². The summed E-state index contributed by atoms with van der Waals surface area (Å²) in [5, 5.41) is 0. The molecule has 2 N–H and O–H groups in total. The van der Waals surface area contributed by atoms with Gasteiger partial charge in [0.05, 0.1) is 0 Å². The minimum Gasteiger partial charge on any atom is -0.303 e. The van der Waals surface area contributed by atoms with Crippen molar-refractivity contribution in [2.24, 2.45) is 5.92 Å². The van der Waals surface area contributed by atoms with Gasteiger partial charge in [0.1, 0.15) is 12.6 Å².